The monoisotopic (exact) mass is 295 g/mol. The number of nitrogens with one attached hydrogen (secondary N) is 2. The zero-order chi connectivity index (χ0) is 14.7. The number of hydrogen-bond acceptors (Lipinski definition) is 5. The van der Waals surface area contributed by atoms with E-state index in [9.17, 15) is 17.2 Å². The van der Waals surface area contributed by atoms with Gasteiger partial charge in [0.15, 0.2) is 0 Å². The van der Waals surface area contributed by atoms with E-state index in [0.717, 1.165) is 6.07 Å². The maximum atomic E-state index is 12.9. The van der Waals surface area contributed by atoms with Crippen LogP contribution >= 0.6 is 0 Å². The number of rotatable bonds is 6. The molecule has 5 N–H and O–H groups in total. The van der Waals surface area contributed by atoms with Gasteiger partial charge >= 0.3 is 0 Å². The van der Waals surface area contributed by atoms with Crippen molar-refractivity contribution in [1.29, 1.82) is 0 Å². The molecule has 1 aromatic carbocycles. The number of halogens is 2. The molecule has 1 rings (SSSR count). The summed E-state index contributed by atoms with van der Waals surface area (Å²) >= 11 is 0. The molecule has 0 aliphatic heterocycles. The van der Waals surface area contributed by atoms with E-state index in [1.54, 1.807) is 0 Å². The van der Waals surface area contributed by atoms with Crippen LogP contribution in [-0.2, 0) is 10.0 Å². The summed E-state index contributed by atoms with van der Waals surface area (Å²) in [6, 6.07) is 3.83. The van der Waals surface area contributed by atoms with E-state index in [4.69, 9.17) is 10.8 Å². The molecule has 1 aromatic rings. The summed E-state index contributed by atoms with van der Waals surface area (Å²) in [5.41, 5.74) is 5.65. The van der Waals surface area contributed by atoms with Gasteiger partial charge in [-0.2, -0.15) is 0 Å². The van der Waals surface area contributed by atoms with Gasteiger partial charge in [-0.15, -0.1) is 0 Å². The van der Waals surface area contributed by atoms with E-state index in [2.05, 4.69) is 10.0 Å². The lowest BCUT2D eigenvalue weighted by molar-refractivity contribution is -0.0373. The molecular formula is C10H15F2N3O3S. The predicted octanol–water partition coefficient (Wildman–Crippen LogP) is 0.216. The molecule has 19 heavy (non-hydrogen) atoms. The summed E-state index contributed by atoms with van der Waals surface area (Å²) in [7, 11) is -2.63. The maximum Gasteiger partial charge on any atom is 0.287 e. The molecule has 0 bridgehead atoms. The highest BCUT2D eigenvalue weighted by atomic mass is 32.2. The summed E-state index contributed by atoms with van der Waals surface area (Å²) in [6.45, 7) is -2.22. The first kappa shape index (κ1) is 15.6. The molecule has 9 heteroatoms. The fraction of sp³-hybridized carbons (Fsp3) is 0.400. The predicted molar refractivity (Wildman–Crippen MR) is 67.6 cm³/mol. The van der Waals surface area contributed by atoms with Crippen molar-refractivity contribution in [2.45, 2.75) is 10.8 Å². The first-order valence-electron chi connectivity index (χ1n) is 5.27. The Hall–Kier alpha value is -1.45. The third-order valence-electron chi connectivity index (χ3n) is 2.33. The number of nitrogens with two attached hydrogens (primary N) is 1. The smallest absolute Gasteiger partial charge is 0.287 e. The Morgan fingerprint density at radius 2 is 2.05 bits per heavy atom. The zero-order valence-electron chi connectivity index (χ0n) is 10.2. The highest BCUT2D eigenvalue weighted by molar-refractivity contribution is 7.89. The first-order chi connectivity index (χ1) is 8.72. The van der Waals surface area contributed by atoms with E-state index in [0.29, 0.717) is 0 Å². The van der Waals surface area contributed by atoms with Crippen LogP contribution in [0.5, 0.6) is 0 Å². The largest absolute Gasteiger partial charge is 0.399 e. The molecule has 0 atom stereocenters. The lowest BCUT2D eigenvalue weighted by atomic mass is 10.2. The van der Waals surface area contributed by atoms with Crippen molar-refractivity contribution in [3.05, 3.63) is 18.2 Å². The highest BCUT2D eigenvalue weighted by Gasteiger charge is 2.28. The molecule has 0 unspecified atom stereocenters. The second-order valence-electron chi connectivity index (χ2n) is 3.83. The number of hydrogen-bond donors (Lipinski definition) is 4. The number of anilines is 2. The molecule has 0 amide bonds. The number of aliphatic hydroxyl groups excluding tert-OH is 1. The highest BCUT2D eigenvalue weighted by Crippen LogP contribution is 2.25. The summed E-state index contributed by atoms with van der Waals surface area (Å²) in [6.07, 6.45) is 0. The number of sulfonamides is 1. The Kier molecular flexibility index (Phi) is 4.66. The van der Waals surface area contributed by atoms with Gasteiger partial charge in [-0.05, 0) is 25.2 Å². The molecule has 0 radical (unpaired) electrons. The fourth-order valence-electron chi connectivity index (χ4n) is 1.30. The van der Waals surface area contributed by atoms with Crippen molar-refractivity contribution in [1.82, 2.24) is 4.72 Å². The summed E-state index contributed by atoms with van der Waals surface area (Å²) in [5.74, 6) is -3.35. The Labute approximate surface area is 109 Å². The lowest BCUT2D eigenvalue weighted by Crippen LogP contribution is -2.31. The summed E-state index contributed by atoms with van der Waals surface area (Å²) in [5, 5.41) is 10.7. The molecule has 0 fully saturated rings. The van der Waals surface area contributed by atoms with Gasteiger partial charge in [0.2, 0.25) is 10.0 Å². The minimum Gasteiger partial charge on any atom is -0.399 e. The third-order valence-corrected chi connectivity index (χ3v) is 3.79. The third kappa shape index (κ3) is 4.01. The van der Waals surface area contributed by atoms with Crippen LogP contribution in [0.4, 0.5) is 20.2 Å². The van der Waals surface area contributed by atoms with Crippen LogP contribution in [-0.4, -0.2) is 39.6 Å². The molecule has 0 aromatic heterocycles. The van der Waals surface area contributed by atoms with Crippen LogP contribution in [0.1, 0.15) is 0 Å². The Morgan fingerprint density at radius 1 is 1.42 bits per heavy atom. The van der Waals surface area contributed by atoms with Gasteiger partial charge in [-0.1, -0.05) is 0 Å². The van der Waals surface area contributed by atoms with Crippen LogP contribution in [0.2, 0.25) is 0 Å². The molecule has 6 nitrogen and oxygen atoms in total. The molecular weight excluding hydrogens is 280 g/mol. The summed E-state index contributed by atoms with van der Waals surface area (Å²) in [4.78, 5) is -0.233. The van der Waals surface area contributed by atoms with Crippen LogP contribution < -0.4 is 15.8 Å². The van der Waals surface area contributed by atoms with Gasteiger partial charge in [0, 0.05) is 5.69 Å². The Morgan fingerprint density at radius 3 is 2.58 bits per heavy atom. The zero-order valence-corrected chi connectivity index (χ0v) is 11.0. The minimum atomic E-state index is -3.83. The van der Waals surface area contributed by atoms with Gasteiger partial charge in [0.05, 0.1) is 12.2 Å². The van der Waals surface area contributed by atoms with Gasteiger partial charge in [0.1, 0.15) is 11.5 Å². The average molecular weight is 295 g/mol. The van der Waals surface area contributed by atoms with Crippen LogP contribution in [0, 0.1) is 0 Å². The van der Waals surface area contributed by atoms with Crippen molar-refractivity contribution >= 4 is 21.4 Å². The van der Waals surface area contributed by atoms with Crippen molar-refractivity contribution in [2.24, 2.45) is 0 Å². The van der Waals surface area contributed by atoms with E-state index in [-0.39, 0.29) is 16.3 Å². The lowest BCUT2D eigenvalue weighted by Gasteiger charge is -2.17. The van der Waals surface area contributed by atoms with Crippen molar-refractivity contribution in [3.63, 3.8) is 0 Å². The van der Waals surface area contributed by atoms with Crippen LogP contribution in [0.3, 0.4) is 0 Å². The van der Waals surface area contributed by atoms with Gasteiger partial charge in [0.25, 0.3) is 5.92 Å². The van der Waals surface area contributed by atoms with Crippen LogP contribution in [0.15, 0.2) is 23.1 Å². The Bertz CT molecular complexity index is 549. The first-order valence-corrected chi connectivity index (χ1v) is 6.76. The van der Waals surface area contributed by atoms with E-state index in [1.165, 1.54) is 19.2 Å². The SMILES string of the molecule is CNS(=O)(=O)c1cc(N)ccc1NCC(F)(F)CO. The van der Waals surface area contributed by atoms with Crippen molar-refractivity contribution in [2.75, 3.05) is 31.2 Å². The van der Waals surface area contributed by atoms with E-state index >= 15 is 0 Å². The Balaban J connectivity index is 3.09. The second kappa shape index (κ2) is 5.68. The quantitative estimate of drug-likeness (QED) is 0.562. The van der Waals surface area contributed by atoms with E-state index < -0.39 is 29.1 Å². The minimum absolute atomic E-state index is 0.0170. The number of alkyl halides is 2. The molecule has 0 spiro atoms. The average Bonchev–Trinajstić information content (AvgIpc) is 2.37. The van der Waals surface area contributed by atoms with Crippen molar-refractivity contribution < 1.29 is 22.3 Å². The fourth-order valence-corrected chi connectivity index (χ4v) is 2.24. The molecule has 0 aliphatic rings. The molecule has 0 saturated heterocycles. The molecule has 0 saturated carbocycles. The van der Waals surface area contributed by atoms with Gasteiger partial charge < -0.3 is 16.2 Å². The standard InChI is InChI=1S/C10H15F2N3O3S/c1-14-19(17,18)9-4-7(13)2-3-8(9)15-5-10(11,12)6-16/h2-4,14-16H,5-6,13H2,1H3. The number of aliphatic hydroxyl groups is 1. The number of benzene rings is 1. The topological polar surface area (TPSA) is 104 Å². The van der Waals surface area contributed by atoms with Crippen molar-refractivity contribution in [3.8, 4) is 0 Å². The van der Waals surface area contributed by atoms with E-state index in [1.807, 2.05) is 0 Å². The maximum absolute atomic E-state index is 12.9. The number of nitrogen functional groups attached to an aromatic ring is 1. The summed E-state index contributed by atoms with van der Waals surface area (Å²) < 4.78 is 51.4. The van der Waals surface area contributed by atoms with Crippen LogP contribution in [0.25, 0.3) is 0 Å². The molecule has 0 aliphatic carbocycles. The molecule has 108 valence electrons. The van der Waals surface area contributed by atoms with Gasteiger partial charge in [-0.3, -0.25) is 0 Å². The normalized spacial score (nSPS) is 12.4. The van der Waals surface area contributed by atoms with Gasteiger partial charge in [-0.25, -0.2) is 21.9 Å². The molecule has 0 heterocycles. The second-order valence-corrected chi connectivity index (χ2v) is 5.69.